The summed E-state index contributed by atoms with van der Waals surface area (Å²) in [7, 11) is 0. The van der Waals surface area contributed by atoms with Crippen molar-refractivity contribution in [3.63, 3.8) is 0 Å². The highest BCUT2D eigenvalue weighted by Crippen LogP contribution is 2.34. The average molecular weight is 251 g/mol. The lowest BCUT2D eigenvalue weighted by molar-refractivity contribution is 0.484. The molecule has 0 fully saturated rings. The van der Waals surface area contributed by atoms with Crippen molar-refractivity contribution in [3.8, 4) is 22.8 Å². The number of para-hydroxylation sites is 2. The van der Waals surface area contributed by atoms with Crippen LogP contribution >= 0.6 is 0 Å². The zero-order valence-electron chi connectivity index (χ0n) is 10.2. The molecule has 0 saturated carbocycles. The molecule has 3 aromatic rings. The lowest BCUT2D eigenvalue weighted by atomic mass is 10.1. The maximum absolute atomic E-state index is 5.89. The maximum atomic E-state index is 5.89. The highest BCUT2D eigenvalue weighted by atomic mass is 16.5. The monoisotopic (exact) mass is 251 g/mol. The summed E-state index contributed by atoms with van der Waals surface area (Å²) in [5, 5.41) is 6.83. The molecule has 0 spiro atoms. The second kappa shape index (κ2) is 4.86. The second-order valence-electron chi connectivity index (χ2n) is 4.11. The van der Waals surface area contributed by atoms with Crippen molar-refractivity contribution >= 4 is 5.69 Å². The minimum Gasteiger partial charge on any atom is -0.457 e. The van der Waals surface area contributed by atoms with Crippen molar-refractivity contribution in [3.05, 3.63) is 60.8 Å². The molecule has 2 aromatic carbocycles. The van der Waals surface area contributed by atoms with Gasteiger partial charge in [-0.1, -0.05) is 30.3 Å². The summed E-state index contributed by atoms with van der Waals surface area (Å²) in [5.41, 5.74) is 8.15. The van der Waals surface area contributed by atoms with Crippen LogP contribution in [0, 0.1) is 0 Å². The molecule has 1 heterocycles. The molecule has 3 N–H and O–H groups in total. The molecule has 3 rings (SSSR count). The largest absolute Gasteiger partial charge is 0.457 e. The maximum Gasteiger partial charge on any atom is 0.136 e. The Morgan fingerprint density at radius 3 is 2.42 bits per heavy atom. The van der Waals surface area contributed by atoms with Crippen LogP contribution in [-0.2, 0) is 0 Å². The van der Waals surface area contributed by atoms with Crippen molar-refractivity contribution < 1.29 is 4.74 Å². The zero-order chi connectivity index (χ0) is 13.1. The van der Waals surface area contributed by atoms with Crippen LogP contribution in [0.25, 0.3) is 11.3 Å². The third-order valence-corrected chi connectivity index (χ3v) is 2.80. The first-order valence-corrected chi connectivity index (χ1v) is 5.96. The van der Waals surface area contributed by atoms with Gasteiger partial charge in [0.25, 0.3) is 0 Å². The Hall–Kier alpha value is -2.75. The molecular weight excluding hydrogens is 238 g/mol. The predicted molar refractivity (Wildman–Crippen MR) is 75.0 cm³/mol. The summed E-state index contributed by atoms with van der Waals surface area (Å²) in [6.45, 7) is 0. The molecule has 4 heteroatoms. The number of ether oxygens (including phenoxy) is 1. The Balaban J connectivity index is 2.01. The van der Waals surface area contributed by atoms with E-state index in [1.165, 1.54) is 0 Å². The van der Waals surface area contributed by atoms with Crippen molar-refractivity contribution in [1.82, 2.24) is 10.2 Å². The number of nitrogen functional groups attached to an aromatic ring is 1. The van der Waals surface area contributed by atoms with Crippen LogP contribution in [0.15, 0.2) is 60.8 Å². The fourth-order valence-corrected chi connectivity index (χ4v) is 1.89. The number of H-pyrrole nitrogens is 1. The summed E-state index contributed by atoms with van der Waals surface area (Å²) in [6.07, 6.45) is 1.59. The van der Waals surface area contributed by atoms with Gasteiger partial charge in [0, 0.05) is 5.56 Å². The van der Waals surface area contributed by atoms with E-state index in [-0.39, 0.29) is 0 Å². The fourth-order valence-electron chi connectivity index (χ4n) is 1.89. The third kappa shape index (κ3) is 2.28. The first-order chi connectivity index (χ1) is 9.34. The molecule has 0 aliphatic heterocycles. The molecule has 0 aliphatic carbocycles. The number of hydrogen-bond acceptors (Lipinski definition) is 3. The first-order valence-electron chi connectivity index (χ1n) is 5.96. The second-order valence-corrected chi connectivity index (χ2v) is 4.11. The van der Waals surface area contributed by atoms with Crippen LogP contribution in [-0.4, -0.2) is 10.2 Å². The highest BCUT2D eigenvalue weighted by molar-refractivity contribution is 5.76. The molecule has 0 unspecified atom stereocenters. The Kier molecular flexibility index (Phi) is 2.90. The number of anilines is 1. The van der Waals surface area contributed by atoms with Gasteiger partial charge >= 0.3 is 0 Å². The number of hydrogen-bond donors (Lipinski definition) is 2. The van der Waals surface area contributed by atoms with E-state index in [0.717, 1.165) is 22.8 Å². The number of nitrogens with zero attached hydrogens (tertiary/aromatic N) is 1. The van der Waals surface area contributed by atoms with Crippen LogP contribution in [0.4, 0.5) is 5.69 Å². The highest BCUT2D eigenvalue weighted by Gasteiger charge is 2.11. The van der Waals surface area contributed by atoms with E-state index >= 15 is 0 Å². The molecule has 4 nitrogen and oxygen atoms in total. The van der Waals surface area contributed by atoms with Gasteiger partial charge < -0.3 is 10.5 Å². The minimum atomic E-state index is 0.601. The minimum absolute atomic E-state index is 0.601. The molecular formula is C15H13N3O. The molecule has 1 aromatic heterocycles. The number of rotatable bonds is 3. The number of aromatic amines is 1. The van der Waals surface area contributed by atoms with E-state index in [0.29, 0.717) is 5.69 Å². The Morgan fingerprint density at radius 1 is 0.947 bits per heavy atom. The number of nitrogens with two attached hydrogens (primary N) is 1. The van der Waals surface area contributed by atoms with Crippen LogP contribution < -0.4 is 10.5 Å². The summed E-state index contributed by atoms with van der Waals surface area (Å²) in [5.74, 6) is 1.53. The Bertz CT molecular complexity index is 677. The average Bonchev–Trinajstić information content (AvgIpc) is 2.87. The summed E-state index contributed by atoms with van der Waals surface area (Å²) >= 11 is 0. The first kappa shape index (κ1) is 11.3. The predicted octanol–water partition coefficient (Wildman–Crippen LogP) is 3.45. The van der Waals surface area contributed by atoms with Crippen molar-refractivity contribution in [2.75, 3.05) is 5.73 Å². The molecule has 94 valence electrons. The molecule has 0 aliphatic rings. The summed E-state index contributed by atoms with van der Waals surface area (Å²) in [6, 6.07) is 17.4. The smallest absolute Gasteiger partial charge is 0.136 e. The lowest BCUT2D eigenvalue weighted by Gasteiger charge is -2.10. The molecule has 19 heavy (non-hydrogen) atoms. The van der Waals surface area contributed by atoms with E-state index in [1.807, 2.05) is 54.6 Å². The lowest BCUT2D eigenvalue weighted by Crippen LogP contribution is -1.91. The topological polar surface area (TPSA) is 63.9 Å². The standard InChI is InChI=1S/C15H13N3O/c16-13-10-17-18-15(13)12-8-4-5-9-14(12)19-11-6-2-1-3-7-11/h1-10H,16H2,(H,17,18). The Labute approximate surface area is 110 Å². The van der Waals surface area contributed by atoms with Crippen LogP contribution in [0.1, 0.15) is 0 Å². The van der Waals surface area contributed by atoms with Gasteiger partial charge in [-0.15, -0.1) is 0 Å². The van der Waals surface area contributed by atoms with Crippen molar-refractivity contribution in [2.24, 2.45) is 0 Å². The summed E-state index contributed by atoms with van der Waals surface area (Å²) < 4.78 is 5.88. The molecule has 0 amide bonds. The van der Waals surface area contributed by atoms with Gasteiger partial charge in [0.05, 0.1) is 17.6 Å². The quantitative estimate of drug-likeness (QED) is 0.749. The van der Waals surface area contributed by atoms with Gasteiger partial charge in [-0.2, -0.15) is 5.10 Å². The SMILES string of the molecule is Nc1cn[nH]c1-c1ccccc1Oc1ccccc1. The van der Waals surface area contributed by atoms with Gasteiger partial charge in [-0.3, -0.25) is 5.10 Å². The molecule has 0 saturated heterocycles. The molecule has 0 radical (unpaired) electrons. The van der Waals surface area contributed by atoms with Gasteiger partial charge in [-0.05, 0) is 24.3 Å². The van der Waals surface area contributed by atoms with Crippen molar-refractivity contribution in [1.29, 1.82) is 0 Å². The van der Waals surface area contributed by atoms with E-state index in [2.05, 4.69) is 10.2 Å². The van der Waals surface area contributed by atoms with Crippen molar-refractivity contribution in [2.45, 2.75) is 0 Å². The van der Waals surface area contributed by atoms with Crippen LogP contribution in [0.2, 0.25) is 0 Å². The van der Waals surface area contributed by atoms with Gasteiger partial charge in [-0.25, -0.2) is 0 Å². The van der Waals surface area contributed by atoms with E-state index < -0.39 is 0 Å². The molecule has 0 atom stereocenters. The molecule has 0 bridgehead atoms. The van der Waals surface area contributed by atoms with Gasteiger partial charge in [0.1, 0.15) is 11.5 Å². The Morgan fingerprint density at radius 2 is 1.68 bits per heavy atom. The number of aromatic nitrogens is 2. The van der Waals surface area contributed by atoms with E-state index in [9.17, 15) is 0 Å². The number of benzene rings is 2. The number of nitrogens with one attached hydrogen (secondary N) is 1. The van der Waals surface area contributed by atoms with E-state index in [1.54, 1.807) is 6.20 Å². The zero-order valence-corrected chi connectivity index (χ0v) is 10.2. The summed E-state index contributed by atoms with van der Waals surface area (Å²) in [4.78, 5) is 0. The van der Waals surface area contributed by atoms with E-state index in [4.69, 9.17) is 10.5 Å². The van der Waals surface area contributed by atoms with Gasteiger partial charge in [0.2, 0.25) is 0 Å². The van der Waals surface area contributed by atoms with Crippen LogP contribution in [0.3, 0.4) is 0 Å². The third-order valence-electron chi connectivity index (χ3n) is 2.80. The fraction of sp³-hybridized carbons (Fsp3) is 0. The van der Waals surface area contributed by atoms with Gasteiger partial charge in [0.15, 0.2) is 0 Å². The van der Waals surface area contributed by atoms with Crippen LogP contribution in [0.5, 0.6) is 11.5 Å². The normalized spacial score (nSPS) is 10.3.